The third-order valence-corrected chi connectivity index (χ3v) is 7.45. The van der Waals surface area contributed by atoms with Crippen LogP contribution in [0.15, 0.2) is 42.5 Å². The largest absolute Gasteiger partial charge is 0.452 e. The molecule has 2 atom stereocenters. The fourth-order valence-corrected chi connectivity index (χ4v) is 5.53. The number of para-hydroxylation sites is 1. The molecule has 0 bridgehead atoms. The Hall–Kier alpha value is -3.68. The average molecular weight is 476 g/mol. The molecule has 0 saturated carbocycles. The van der Waals surface area contributed by atoms with Gasteiger partial charge in [-0.05, 0) is 61.4 Å². The molecule has 2 heterocycles. The molecule has 1 saturated heterocycles. The van der Waals surface area contributed by atoms with Gasteiger partial charge in [-0.3, -0.25) is 19.3 Å². The van der Waals surface area contributed by atoms with E-state index in [-0.39, 0.29) is 30.7 Å². The van der Waals surface area contributed by atoms with Crippen molar-refractivity contribution < 1.29 is 23.9 Å². The fraction of sp³-hybridized carbons (Fsp3) is 0.407. The minimum Gasteiger partial charge on any atom is -0.452 e. The third-order valence-electron chi connectivity index (χ3n) is 7.45. The van der Waals surface area contributed by atoms with Crippen LogP contribution in [0.3, 0.4) is 0 Å². The van der Waals surface area contributed by atoms with Crippen LogP contribution in [-0.2, 0) is 32.0 Å². The summed E-state index contributed by atoms with van der Waals surface area (Å²) in [7, 11) is 1.49. The molecule has 0 radical (unpaired) electrons. The van der Waals surface area contributed by atoms with Crippen molar-refractivity contribution in [3.05, 3.63) is 64.7 Å². The van der Waals surface area contributed by atoms with E-state index in [0.29, 0.717) is 11.3 Å². The quantitative estimate of drug-likeness (QED) is 0.671. The summed E-state index contributed by atoms with van der Waals surface area (Å²) in [6, 6.07) is 12.8. The van der Waals surface area contributed by atoms with Gasteiger partial charge in [0.05, 0.1) is 17.3 Å². The second-order valence-corrected chi connectivity index (χ2v) is 9.53. The Morgan fingerprint density at radius 2 is 1.80 bits per heavy atom. The van der Waals surface area contributed by atoms with Gasteiger partial charge in [-0.15, -0.1) is 0 Å². The number of carbonyl (C=O) groups excluding carboxylic acids is 4. The number of rotatable bonds is 5. The molecule has 2 aliphatic heterocycles. The lowest BCUT2D eigenvalue weighted by atomic mass is 9.89. The predicted molar refractivity (Wildman–Crippen MR) is 129 cm³/mol. The molecule has 35 heavy (non-hydrogen) atoms. The van der Waals surface area contributed by atoms with Crippen LogP contribution in [0.5, 0.6) is 0 Å². The Morgan fingerprint density at radius 3 is 2.60 bits per heavy atom. The number of benzene rings is 2. The minimum atomic E-state index is -1.59. The molecule has 5 rings (SSSR count). The predicted octanol–water partition coefficient (Wildman–Crippen LogP) is 2.89. The van der Waals surface area contributed by atoms with Crippen LogP contribution >= 0.6 is 0 Å². The van der Waals surface area contributed by atoms with Crippen LogP contribution in [0.25, 0.3) is 0 Å². The number of carbonyl (C=O) groups is 4. The normalized spacial score (nSPS) is 21.7. The number of aryl methyl sites for hydroxylation is 2. The van der Waals surface area contributed by atoms with Crippen LogP contribution in [0.2, 0.25) is 0 Å². The smallest absolute Gasteiger partial charge is 0.354 e. The van der Waals surface area contributed by atoms with E-state index in [9.17, 15) is 19.2 Å². The number of anilines is 1. The van der Waals surface area contributed by atoms with Crippen molar-refractivity contribution in [1.29, 1.82) is 0 Å². The van der Waals surface area contributed by atoms with E-state index in [1.54, 1.807) is 24.3 Å². The van der Waals surface area contributed by atoms with E-state index in [0.717, 1.165) is 18.4 Å². The van der Waals surface area contributed by atoms with Gasteiger partial charge >= 0.3 is 5.97 Å². The summed E-state index contributed by atoms with van der Waals surface area (Å²) in [5, 5.41) is 2.89. The van der Waals surface area contributed by atoms with Gasteiger partial charge in [0.25, 0.3) is 11.8 Å². The molecular formula is C27H29N3O5. The molecule has 0 spiro atoms. The maximum atomic E-state index is 13.3. The average Bonchev–Trinajstić information content (AvgIpc) is 3.23. The lowest BCUT2D eigenvalue weighted by Gasteiger charge is -2.46. The van der Waals surface area contributed by atoms with Crippen LogP contribution in [-0.4, -0.2) is 47.9 Å². The second kappa shape index (κ2) is 8.83. The topological polar surface area (TPSA) is 96.0 Å². The molecule has 1 fully saturated rings. The zero-order valence-corrected chi connectivity index (χ0v) is 20.0. The van der Waals surface area contributed by atoms with E-state index >= 15 is 0 Å². The van der Waals surface area contributed by atoms with E-state index < -0.39 is 24.1 Å². The summed E-state index contributed by atoms with van der Waals surface area (Å²) in [6.07, 6.45) is 4.73. The molecule has 3 aliphatic rings. The van der Waals surface area contributed by atoms with Gasteiger partial charge in [0.2, 0.25) is 11.6 Å². The molecule has 8 nitrogen and oxygen atoms in total. The number of amides is 3. The maximum absolute atomic E-state index is 13.3. The number of nitrogens with zero attached hydrogens (tertiary/aromatic N) is 2. The SMILES string of the molecule is CC(NC(=O)COC(=O)C12CCC(=O)N1c1ccccc1C(=O)N2C)c1ccc2c(c1)CCCC2. The van der Waals surface area contributed by atoms with Crippen molar-refractivity contribution in [2.75, 3.05) is 18.6 Å². The first-order valence-corrected chi connectivity index (χ1v) is 12.1. The Kier molecular flexibility index (Phi) is 5.83. The monoisotopic (exact) mass is 475 g/mol. The molecule has 2 aromatic rings. The van der Waals surface area contributed by atoms with E-state index in [1.807, 2.05) is 13.0 Å². The molecule has 0 aromatic heterocycles. The number of hydrogen-bond donors (Lipinski definition) is 1. The number of esters is 1. The van der Waals surface area contributed by atoms with E-state index in [2.05, 4.69) is 17.4 Å². The number of hydrogen-bond acceptors (Lipinski definition) is 5. The zero-order chi connectivity index (χ0) is 24.7. The third kappa shape index (κ3) is 3.77. The standard InChI is InChI=1S/C27H29N3O5/c1-17(19-12-11-18-7-3-4-8-20(18)15-19)28-23(31)16-35-26(34)27-14-13-24(32)30(27)22-10-6-5-9-21(22)25(33)29(27)2/h5-6,9-12,15,17H,3-4,7-8,13-14,16H2,1-2H3,(H,28,31). The number of ether oxygens (including phenoxy) is 1. The molecule has 2 unspecified atom stereocenters. The summed E-state index contributed by atoms with van der Waals surface area (Å²) < 4.78 is 5.42. The zero-order valence-electron chi connectivity index (χ0n) is 20.0. The van der Waals surface area contributed by atoms with Crippen LogP contribution in [0.1, 0.15) is 65.7 Å². The van der Waals surface area contributed by atoms with Gasteiger partial charge in [-0.2, -0.15) is 0 Å². The second-order valence-electron chi connectivity index (χ2n) is 9.53. The molecule has 1 N–H and O–H groups in total. The highest BCUT2D eigenvalue weighted by Gasteiger charge is 2.60. The summed E-state index contributed by atoms with van der Waals surface area (Å²) in [5.74, 6) is -1.86. The number of likely N-dealkylation sites (N-methyl/N-ethyl adjacent to an activating group) is 1. The Morgan fingerprint density at radius 1 is 1.06 bits per heavy atom. The lowest BCUT2D eigenvalue weighted by Crippen LogP contribution is -2.67. The van der Waals surface area contributed by atoms with Crippen molar-refractivity contribution in [3.8, 4) is 0 Å². The molecule has 1 aliphatic carbocycles. The van der Waals surface area contributed by atoms with Gasteiger partial charge in [0, 0.05) is 19.9 Å². The lowest BCUT2D eigenvalue weighted by molar-refractivity contribution is -0.159. The van der Waals surface area contributed by atoms with Crippen LogP contribution in [0, 0.1) is 0 Å². The van der Waals surface area contributed by atoms with E-state index in [4.69, 9.17) is 4.74 Å². The highest BCUT2D eigenvalue weighted by atomic mass is 16.5. The molecule has 2 aromatic carbocycles. The van der Waals surface area contributed by atoms with Gasteiger partial charge < -0.3 is 15.0 Å². The van der Waals surface area contributed by atoms with Crippen molar-refractivity contribution in [1.82, 2.24) is 10.2 Å². The van der Waals surface area contributed by atoms with Gasteiger partial charge in [-0.25, -0.2) is 4.79 Å². The van der Waals surface area contributed by atoms with Crippen molar-refractivity contribution in [2.24, 2.45) is 0 Å². The Bertz CT molecular complexity index is 1230. The van der Waals surface area contributed by atoms with E-state index in [1.165, 1.54) is 40.8 Å². The fourth-order valence-electron chi connectivity index (χ4n) is 5.53. The number of fused-ring (bicyclic) bond motifs is 4. The Labute approximate surface area is 204 Å². The molecule has 182 valence electrons. The van der Waals surface area contributed by atoms with Gasteiger partial charge in [0.15, 0.2) is 6.61 Å². The highest BCUT2D eigenvalue weighted by molar-refractivity contribution is 6.15. The molecular weight excluding hydrogens is 446 g/mol. The highest BCUT2D eigenvalue weighted by Crippen LogP contribution is 2.44. The first-order chi connectivity index (χ1) is 16.8. The summed E-state index contributed by atoms with van der Waals surface area (Å²) in [4.78, 5) is 54.4. The van der Waals surface area contributed by atoms with Crippen molar-refractivity contribution in [2.45, 2.75) is 57.2 Å². The van der Waals surface area contributed by atoms with Gasteiger partial charge in [0.1, 0.15) is 0 Å². The summed E-state index contributed by atoms with van der Waals surface area (Å²) in [5.41, 5.74) is 2.86. The summed E-state index contributed by atoms with van der Waals surface area (Å²) in [6.45, 7) is 1.40. The molecule has 3 amide bonds. The summed E-state index contributed by atoms with van der Waals surface area (Å²) >= 11 is 0. The van der Waals surface area contributed by atoms with Crippen molar-refractivity contribution >= 4 is 29.4 Å². The maximum Gasteiger partial charge on any atom is 0.354 e. The van der Waals surface area contributed by atoms with Crippen molar-refractivity contribution in [3.63, 3.8) is 0 Å². The Balaban J connectivity index is 1.28. The van der Waals surface area contributed by atoms with Gasteiger partial charge in [-0.1, -0.05) is 30.3 Å². The number of nitrogens with one attached hydrogen (secondary N) is 1. The first kappa shape index (κ1) is 23.1. The minimum absolute atomic E-state index is 0.0998. The first-order valence-electron chi connectivity index (χ1n) is 12.1. The van der Waals surface area contributed by atoms with Crippen LogP contribution in [0.4, 0.5) is 5.69 Å². The molecule has 8 heteroatoms. The van der Waals surface area contributed by atoms with Crippen LogP contribution < -0.4 is 10.2 Å².